The van der Waals surface area contributed by atoms with Crippen molar-refractivity contribution in [2.75, 3.05) is 43.4 Å². The van der Waals surface area contributed by atoms with Crippen LogP contribution in [-0.2, 0) is 0 Å². The van der Waals surface area contributed by atoms with Crippen LogP contribution in [0.2, 0.25) is 0 Å². The van der Waals surface area contributed by atoms with Crippen LogP contribution in [0.4, 0.5) is 11.4 Å². The minimum Gasteiger partial charge on any atom is -0.369 e. The Kier molecular flexibility index (Phi) is 5.24. The van der Waals surface area contributed by atoms with Gasteiger partial charge in [-0.25, -0.2) is 4.98 Å². The van der Waals surface area contributed by atoms with Gasteiger partial charge in [-0.05, 0) is 49.7 Å². The molecule has 0 unspecified atom stereocenters. The molecule has 1 fully saturated rings. The van der Waals surface area contributed by atoms with E-state index >= 15 is 0 Å². The van der Waals surface area contributed by atoms with Gasteiger partial charge >= 0.3 is 0 Å². The van der Waals surface area contributed by atoms with Crippen molar-refractivity contribution in [3.63, 3.8) is 0 Å². The monoisotopic (exact) mass is 398 g/mol. The van der Waals surface area contributed by atoms with E-state index < -0.39 is 0 Å². The maximum absolute atomic E-state index is 12.7. The first kappa shape index (κ1) is 18.2. The summed E-state index contributed by atoms with van der Waals surface area (Å²) in [6.07, 6.45) is 0. The van der Waals surface area contributed by atoms with Crippen molar-refractivity contribution in [2.45, 2.75) is 6.92 Å². The van der Waals surface area contributed by atoms with Crippen LogP contribution < -0.4 is 10.2 Å². The predicted octanol–water partition coefficient (Wildman–Crippen LogP) is 4.18. The zero-order chi connectivity index (χ0) is 18.8. The fourth-order valence-electron chi connectivity index (χ4n) is 3.12. The highest BCUT2D eigenvalue weighted by Gasteiger charge is 2.17. The summed E-state index contributed by atoms with van der Waals surface area (Å²) in [6, 6.07) is 10.1. The molecule has 2 aromatic heterocycles. The van der Waals surface area contributed by atoms with Crippen molar-refractivity contribution in [3.8, 4) is 10.6 Å². The number of carbonyl (C=O) groups excluding carboxylic acids is 1. The van der Waals surface area contributed by atoms with Crippen LogP contribution in [0.3, 0.4) is 0 Å². The number of nitrogens with zero attached hydrogens (tertiary/aromatic N) is 3. The number of hydrogen-bond donors (Lipinski definition) is 1. The van der Waals surface area contributed by atoms with E-state index in [1.165, 1.54) is 17.0 Å². The highest BCUT2D eigenvalue weighted by atomic mass is 32.1. The van der Waals surface area contributed by atoms with Gasteiger partial charge in [-0.1, -0.05) is 0 Å². The molecule has 1 saturated heterocycles. The number of amides is 1. The topological polar surface area (TPSA) is 48.5 Å². The van der Waals surface area contributed by atoms with E-state index in [9.17, 15) is 4.79 Å². The predicted molar refractivity (Wildman–Crippen MR) is 114 cm³/mol. The van der Waals surface area contributed by atoms with Gasteiger partial charge in [0.25, 0.3) is 5.91 Å². The molecule has 140 valence electrons. The molecule has 0 saturated carbocycles. The van der Waals surface area contributed by atoms with Crippen LogP contribution in [0.25, 0.3) is 10.6 Å². The number of nitrogens with one attached hydrogen (secondary N) is 1. The number of rotatable bonds is 4. The molecule has 0 bridgehead atoms. The van der Waals surface area contributed by atoms with Gasteiger partial charge in [-0.3, -0.25) is 4.79 Å². The van der Waals surface area contributed by atoms with Crippen LogP contribution in [0, 0.1) is 6.92 Å². The van der Waals surface area contributed by atoms with Crippen molar-refractivity contribution in [2.24, 2.45) is 0 Å². The van der Waals surface area contributed by atoms with Crippen molar-refractivity contribution in [1.29, 1.82) is 0 Å². The first-order valence-electron chi connectivity index (χ1n) is 8.95. The molecule has 3 aromatic rings. The number of aryl methyl sites for hydroxylation is 1. The lowest BCUT2D eigenvalue weighted by Gasteiger charge is -2.34. The Labute approximate surface area is 167 Å². The highest BCUT2D eigenvalue weighted by Crippen LogP contribution is 2.30. The third kappa shape index (κ3) is 4.05. The molecule has 3 heterocycles. The third-order valence-corrected chi connectivity index (χ3v) is 6.65. The van der Waals surface area contributed by atoms with E-state index in [-0.39, 0.29) is 5.91 Å². The largest absolute Gasteiger partial charge is 0.369 e. The second-order valence-electron chi connectivity index (χ2n) is 6.74. The molecule has 0 aliphatic carbocycles. The molecule has 0 atom stereocenters. The lowest BCUT2D eigenvalue weighted by molar-refractivity contribution is 0.103. The molecule has 1 amide bonds. The number of thiazole rings is 1. The van der Waals surface area contributed by atoms with Gasteiger partial charge in [0.15, 0.2) is 0 Å². The molecule has 0 radical (unpaired) electrons. The lowest BCUT2D eigenvalue weighted by atomic mass is 10.2. The first-order valence-corrected chi connectivity index (χ1v) is 10.7. The smallest absolute Gasteiger partial charge is 0.267 e. The summed E-state index contributed by atoms with van der Waals surface area (Å²) >= 11 is 3.07. The number of likely N-dealkylation sites (N-methyl/N-ethyl adjacent to an activating group) is 1. The fourth-order valence-corrected chi connectivity index (χ4v) is 4.80. The fraction of sp³-hybridized carbons (Fsp3) is 0.300. The summed E-state index contributed by atoms with van der Waals surface area (Å²) in [4.78, 5) is 22.6. The number of aromatic nitrogens is 1. The van der Waals surface area contributed by atoms with Crippen molar-refractivity contribution < 1.29 is 4.79 Å². The van der Waals surface area contributed by atoms with Crippen LogP contribution >= 0.6 is 22.7 Å². The van der Waals surface area contributed by atoms with Gasteiger partial charge in [0, 0.05) is 48.5 Å². The van der Waals surface area contributed by atoms with Gasteiger partial charge < -0.3 is 15.1 Å². The molecule has 7 heteroatoms. The number of anilines is 2. The normalized spacial score (nSPS) is 15.1. The van der Waals surface area contributed by atoms with Gasteiger partial charge in [0.1, 0.15) is 9.88 Å². The Morgan fingerprint density at radius 3 is 2.52 bits per heavy atom. The van der Waals surface area contributed by atoms with Crippen LogP contribution in [-0.4, -0.2) is 49.0 Å². The number of hydrogen-bond acceptors (Lipinski definition) is 6. The zero-order valence-corrected chi connectivity index (χ0v) is 17.1. The lowest BCUT2D eigenvalue weighted by Crippen LogP contribution is -2.44. The van der Waals surface area contributed by atoms with Gasteiger partial charge in [0.05, 0.1) is 5.69 Å². The third-order valence-electron chi connectivity index (χ3n) is 4.76. The minimum absolute atomic E-state index is 0.0983. The Morgan fingerprint density at radius 1 is 1.11 bits per heavy atom. The van der Waals surface area contributed by atoms with Crippen molar-refractivity contribution in [1.82, 2.24) is 9.88 Å². The highest BCUT2D eigenvalue weighted by molar-refractivity contribution is 7.17. The van der Waals surface area contributed by atoms with Gasteiger partial charge in [0.2, 0.25) is 0 Å². The first-order chi connectivity index (χ1) is 13.1. The summed E-state index contributed by atoms with van der Waals surface area (Å²) in [6.45, 7) is 6.12. The molecule has 27 heavy (non-hydrogen) atoms. The SMILES string of the molecule is Cc1nc(-c2ccsc2)sc1C(=O)Nc1ccc(N2CCN(C)CC2)cc1. The van der Waals surface area contributed by atoms with Crippen LogP contribution in [0.5, 0.6) is 0 Å². The molecule has 0 spiro atoms. The van der Waals surface area contributed by atoms with Crippen LogP contribution in [0.1, 0.15) is 15.4 Å². The maximum atomic E-state index is 12.7. The van der Waals surface area contributed by atoms with E-state index in [0.717, 1.165) is 48.1 Å². The van der Waals surface area contributed by atoms with E-state index in [1.807, 2.05) is 30.5 Å². The van der Waals surface area contributed by atoms with Crippen molar-refractivity contribution >= 4 is 40.0 Å². The van der Waals surface area contributed by atoms with Gasteiger partial charge in [-0.15, -0.1) is 11.3 Å². The Balaban J connectivity index is 1.44. The number of piperazine rings is 1. The summed E-state index contributed by atoms with van der Waals surface area (Å²) in [5.41, 5.74) is 3.86. The molecule has 1 N–H and O–H groups in total. The van der Waals surface area contributed by atoms with E-state index in [2.05, 4.69) is 44.7 Å². The second-order valence-corrected chi connectivity index (χ2v) is 8.52. The maximum Gasteiger partial charge on any atom is 0.267 e. The van der Waals surface area contributed by atoms with Gasteiger partial charge in [-0.2, -0.15) is 11.3 Å². The van der Waals surface area contributed by atoms with E-state index in [4.69, 9.17) is 0 Å². The molecular formula is C20H22N4OS2. The molecule has 4 rings (SSSR count). The number of benzene rings is 1. The minimum atomic E-state index is -0.0983. The standard InChI is InChI=1S/C20H22N4OS2/c1-14-18(27-20(21-14)15-7-12-26-13-15)19(25)22-16-3-5-17(6-4-16)24-10-8-23(2)9-11-24/h3-7,12-13H,8-11H2,1-2H3,(H,22,25). The Hall–Kier alpha value is -2.22. The Bertz CT molecular complexity index is 910. The van der Waals surface area contributed by atoms with E-state index in [0.29, 0.717) is 4.88 Å². The summed E-state index contributed by atoms with van der Waals surface area (Å²) in [5.74, 6) is -0.0983. The summed E-state index contributed by atoms with van der Waals surface area (Å²) in [7, 11) is 2.15. The van der Waals surface area contributed by atoms with Crippen LogP contribution in [0.15, 0.2) is 41.1 Å². The summed E-state index contributed by atoms with van der Waals surface area (Å²) in [5, 5.41) is 7.97. The number of carbonyl (C=O) groups is 1. The van der Waals surface area contributed by atoms with E-state index in [1.54, 1.807) is 11.3 Å². The molecular weight excluding hydrogens is 376 g/mol. The summed E-state index contributed by atoms with van der Waals surface area (Å²) < 4.78 is 0. The molecule has 1 aliphatic rings. The number of thiophene rings is 1. The zero-order valence-electron chi connectivity index (χ0n) is 15.4. The molecule has 5 nitrogen and oxygen atoms in total. The molecule has 1 aromatic carbocycles. The van der Waals surface area contributed by atoms with Crippen molar-refractivity contribution in [3.05, 3.63) is 51.7 Å². The average molecular weight is 399 g/mol. The Morgan fingerprint density at radius 2 is 1.85 bits per heavy atom. The average Bonchev–Trinajstić information content (AvgIpc) is 3.33. The molecule has 1 aliphatic heterocycles. The second kappa shape index (κ2) is 7.80. The quantitative estimate of drug-likeness (QED) is 0.716.